The highest BCUT2D eigenvalue weighted by Gasteiger charge is 2.77. The number of hydrogen-bond donors (Lipinski definition) is 1. The van der Waals surface area contributed by atoms with Crippen molar-refractivity contribution in [3.05, 3.63) is 42.0 Å². The fourth-order valence-electron chi connectivity index (χ4n) is 6.66. The Bertz CT molecular complexity index is 1110. The molecule has 0 radical (unpaired) electrons. The zero-order valence-electron chi connectivity index (χ0n) is 22.9. The smallest absolute Gasteiger partial charge is 0.312 e. The predicted molar refractivity (Wildman–Crippen MR) is 148 cm³/mol. The molecule has 1 N–H and O–H groups in total. The number of aliphatic hydroxyl groups is 1. The minimum atomic E-state index is -1.22. The summed E-state index contributed by atoms with van der Waals surface area (Å²) in [5.41, 5.74) is 1.43. The summed E-state index contributed by atoms with van der Waals surface area (Å²) >= 11 is 3.68. The molecule has 7 atom stereocenters. The summed E-state index contributed by atoms with van der Waals surface area (Å²) in [5.74, 6) is -2.65. The van der Waals surface area contributed by atoms with Gasteiger partial charge in [-0.05, 0) is 56.7 Å². The second-order valence-corrected chi connectivity index (χ2v) is 12.3. The normalized spacial score (nSPS) is 30.5. The maximum Gasteiger partial charge on any atom is 0.312 e. The molecule has 3 heterocycles. The van der Waals surface area contributed by atoms with Crippen molar-refractivity contribution in [2.24, 2.45) is 17.8 Å². The Kier molecular flexibility index (Phi) is 8.40. The van der Waals surface area contributed by atoms with Crippen LogP contribution in [0.4, 0.5) is 5.69 Å². The molecule has 3 unspecified atom stereocenters. The van der Waals surface area contributed by atoms with Gasteiger partial charge in [0.05, 0.1) is 37.2 Å². The number of benzene rings is 1. The van der Waals surface area contributed by atoms with Crippen LogP contribution in [0.15, 0.2) is 30.9 Å². The number of aryl methyl sites for hydroxylation is 2. The zero-order chi connectivity index (χ0) is 27.9. The molecule has 0 aromatic heterocycles. The van der Waals surface area contributed by atoms with Crippen LogP contribution in [0.25, 0.3) is 0 Å². The molecule has 3 aliphatic rings. The Morgan fingerprint density at radius 1 is 1.37 bits per heavy atom. The predicted octanol–water partition coefficient (Wildman–Crippen LogP) is 3.54. The lowest BCUT2D eigenvalue weighted by Gasteiger charge is -2.40. The van der Waals surface area contributed by atoms with Gasteiger partial charge in [0.15, 0.2) is 0 Å². The SMILES string of the molecule is C=CCN(C(=O)C1N([C@@H](CO)CC(C)C)C(=O)[C@@H]2[C@@H](C(=O)OCC)[C@@H]3OC12CC3Br)c1cc(C)ccc1C. The van der Waals surface area contributed by atoms with Crippen LogP contribution in [-0.4, -0.2) is 76.2 Å². The molecular formula is C29H39BrN2O6. The molecule has 1 spiro atoms. The third-order valence-corrected chi connectivity index (χ3v) is 8.95. The van der Waals surface area contributed by atoms with E-state index in [0.29, 0.717) is 12.8 Å². The number of ether oxygens (including phenoxy) is 2. The number of fused-ring (bicyclic) bond motifs is 1. The molecule has 8 nitrogen and oxygen atoms in total. The molecule has 3 saturated heterocycles. The maximum absolute atomic E-state index is 14.7. The molecular weight excluding hydrogens is 552 g/mol. The van der Waals surface area contributed by atoms with E-state index in [1.807, 2.05) is 45.9 Å². The van der Waals surface area contributed by atoms with E-state index < -0.39 is 41.6 Å². The van der Waals surface area contributed by atoms with Gasteiger partial charge in [0.25, 0.3) is 5.91 Å². The molecule has 3 fully saturated rings. The van der Waals surface area contributed by atoms with Crippen molar-refractivity contribution in [3.8, 4) is 0 Å². The Labute approximate surface area is 233 Å². The fourth-order valence-corrected chi connectivity index (χ4v) is 7.60. The second kappa shape index (κ2) is 11.1. The monoisotopic (exact) mass is 590 g/mol. The summed E-state index contributed by atoms with van der Waals surface area (Å²) in [6.45, 7) is 13.6. The lowest BCUT2D eigenvalue weighted by atomic mass is 9.70. The molecule has 1 aromatic rings. The highest BCUT2D eigenvalue weighted by atomic mass is 79.9. The Morgan fingerprint density at radius 3 is 2.68 bits per heavy atom. The molecule has 4 rings (SSSR count). The van der Waals surface area contributed by atoms with Crippen molar-refractivity contribution in [1.82, 2.24) is 4.90 Å². The lowest BCUT2D eigenvalue weighted by molar-refractivity contribution is -0.155. The van der Waals surface area contributed by atoms with Gasteiger partial charge in [0.2, 0.25) is 5.91 Å². The average Bonchev–Trinajstić information content (AvgIpc) is 3.45. The molecule has 2 amide bonds. The first-order chi connectivity index (χ1) is 18.0. The van der Waals surface area contributed by atoms with Gasteiger partial charge in [-0.3, -0.25) is 14.4 Å². The minimum absolute atomic E-state index is 0.166. The van der Waals surface area contributed by atoms with Gasteiger partial charge in [-0.2, -0.15) is 0 Å². The van der Waals surface area contributed by atoms with Crippen molar-refractivity contribution in [2.75, 3.05) is 24.7 Å². The van der Waals surface area contributed by atoms with Crippen molar-refractivity contribution >= 4 is 39.4 Å². The second-order valence-electron chi connectivity index (χ2n) is 11.2. The van der Waals surface area contributed by atoms with E-state index in [1.54, 1.807) is 17.9 Å². The largest absolute Gasteiger partial charge is 0.466 e. The molecule has 3 aliphatic heterocycles. The van der Waals surface area contributed by atoms with Gasteiger partial charge in [0.1, 0.15) is 11.6 Å². The summed E-state index contributed by atoms with van der Waals surface area (Å²) in [7, 11) is 0. The third kappa shape index (κ3) is 4.60. The number of carbonyl (C=O) groups is 3. The summed E-state index contributed by atoms with van der Waals surface area (Å²) in [6, 6.07) is 4.29. The van der Waals surface area contributed by atoms with Crippen molar-refractivity contribution < 1.29 is 29.0 Å². The highest BCUT2D eigenvalue weighted by molar-refractivity contribution is 9.09. The highest BCUT2D eigenvalue weighted by Crippen LogP contribution is 2.61. The first-order valence-corrected chi connectivity index (χ1v) is 14.3. The number of carbonyl (C=O) groups excluding carboxylic acids is 3. The number of anilines is 1. The van der Waals surface area contributed by atoms with E-state index in [-0.39, 0.29) is 42.3 Å². The number of aliphatic hydroxyl groups excluding tert-OH is 1. The average molecular weight is 592 g/mol. The molecule has 9 heteroatoms. The van der Waals surface area contributed by atoms with Crippen LogP contribution >= 0.6 is 15.9 Å². The van der Waals surface area contributed by atoms with Crippen LogP contribution < -0.4 is 4.90 Å². The number of alkyl halides is 1. The molecule has 0 aliphatic carbocycles. The summed E-state index contributed by atoms with van der Waals surface area (Å²) < 4.78 is 11.9. The van der Waals surface area contributed by atoms with Crippen molar-refractivity contribution in [1.29, 1.82) is 0 Å². The molecule has 0 saturated carbocycles. The maximum atomic E-state index is 14.7. The lowest BCUT2D eigenvalue weighted by Crippen LogP contribution is -2.59. The Morgan fingerprint density at radius 2 is 2.08 bits per heavy atom. The van der Waals surface area contributed by atoms with Gasteiger partial charge in [0, 0.05) is 17.1 Å². The van der Waals surface area contributed by atoms with E-state index in [9.17, 15) is 19.5 Å². The van der Waals surface area contributed by atoms with E-state index in [4.69, 9.17) is 9.47 Å². The van der Waals surface area contributed by atoms with Crippen molar-refractivity contribution in [2.45, 2.75) is 76.1 Å². The molecule has 2 bridgehead atoms. The van der Waals surface area contributed by atoms with Gasteiger partial charge < -0.3 is 24.4 Å². The van der Waals surface area contributed by atoms with Gasteiger partial charge in [-0.25, -0.2) is 0 Å². The van der Waals surface area contributed by atoms with Crippen LogP contribution in [0.5, 0.6) is 0 Å². The quantitative estimate of drug-likeness (QED) is 0.254. The summed E-state index contributed by atoms with van der Waals surface area (Å²) in [5, 5.41) is 10.5. The molecule has 38 heavy (non-hydrogen) atoms. The first kappa shape index (κ1) is 28.8. The van der Waals surface area contributed by atoms with Crippen molar-refractivity contribution in [3.63, 3.8) is 0 Å². The van der Waals surface area contributed by atoms with E-state index in [2.05, 4.69) is 22.5 Å². The number of nitrogens with zero attached hydrogens (tertiary/aromatic N) is 2. The number of halogens is 1. The van der Waals surface area contributed by atoms with E-state index >= 15 is 0 Å². The summed E-state index contributed by atoms with van der Waals surface area (Å²) in [6.07, 6.45) is 1.98. The van der Waals surface area contributed by atoms with E-state index in [0.717, 1.165) is 16.8 Å². The molecule has 1 aromatic carbocycles. The number of esters is 1. The number of hydrogen-bond acceptors (Lipinski definition) is 6. The number of likely N-dealkylation sites (tertiary alicyclic amines) is 1. The zero-order valence-corrected chi connectivity index (χ0v) is 24.4. The van der Waals surface area contributed by atoms with Crippen LogP contribution in [0.1, 0.15) is 44.7 Å². The topological polar surface area (TPSA) is 96.4 Å². The summed E-state index contributed by atoms with van der Waals surface area (Å²) in [4.78, 5) is 45.1. The van der Waals surface area contributed by atoms with Crippen LogP contribution in [-0.2, 0) is 23.9 Å². The van der Waals surface area contributed by atoms with Crippen LogP contribution in [0.3, 0.4) is 0 Å². The Balaban J connectivity index is 1.87. The Hall–Kier alpha value is -2.23. The van der Waals surface area contributed by atoms with Gasteiger partial charge in [-0.15, -0.1) is 6.58 Å². The standard InChI is InChI=1S/C29H39BrN2O6/c1-7-11-31(21-13-17(5)9-10-18(21)6)27(35)25-29-14-20(30)24(38-29)22(28(36)37-8-2)23(29)26(34)32(25)19(15-33)12-16(3)4/h7,9-10,13,16,19-20,22-25,33H,1,8,11-12,14-15H2,2-6H3/t19-,20?,22-,23+,24-,25?,29?/m1/s1. The van der Waals surface area contributed by atoms with Gasteiger partial charge >= 0.3 is 5.97 Å². The van der Waals surface area contributed by atoms with Crippen LogP contribution in [0.2, 0.25) is 0 Å². The minimum Gasteiger partial charge on any atom is -0.466 e. The van der Waals surface area contributed by atoms with Gasteiger partial charge in [-0.1, -0.05) is 48.0 Å². The fraction of sp³-hybridized carbons (Fsp3) is 0.621. The first-order valence-electron chi connectivity index (χ1n) is 13.4. The van der Waals surface area contributed by atoms with E-state index in [1.165, 1.54) is 4.90 Å². The third-order valence-electron chi connectivity index (χ3n) is 8.10. The van der Waals surface area contributed by atoms with Crippen LogP contribution in [0, 0.1) is 31.6 Å². The number of amides is 2. The number of rotatable bonds is 10. The molecule has 208 valence electrons.